The van der Waals surface area contributed by atoms with E-state index in [0.29, 0.717) is 12.1 Å². The molecule has 2 unspecified atom stereocenters. The molecule has 2 atom stereocenters. The molecule has 1 fully saturated rings. The van der Waals surface area contributed by atoms with Gasteiger partial charge in [0.2, 0.25) is 0 Å². The number of rotatable bonds is 2. The lowest BCUT2D eigenvalue weighted by molar-refractivity contribution is 0.0489. The van der Waals surface area contributed by atoms with Gasteiger partial charge >= 0.3 is 6.09 Å². The van der Waals surface area contributed by atoms with Crippen molar-refractivity contribution in [1.29, 1.82) is 0 Å². The second kappa shape index (κ2) is 6.43. The standard InChI is InChI=1S/C16H23FN2O2/c1-16(2,3)21-15(20)19-14-10-18-9-8-12(14)11-6-4-5-7-13(11)17/h4-7,12,14,18H,8-10H2,1-3H3,(H,19,20). The van der Waals surface area contributed by atoms with Gasteiger partial charge in [0.05, 0.1) is 6.04 Å². The average molecular weight is 294 g/mol. The number of amides is 1. The van der Waals surface area contributed by atoms with Crippen molar-refractivity contribution in [3.63, 3.8) is 0 Å². The maximum absolute atomic E-state index is 14.0. The fourth-order valence-electron chi connectivity index (χ4n) is 2.62. The first-order valence-electron chi connectivity index (χ1n) is 7.31. The summed E-state index contributed by atoms with van der Waals surface area (Å²) in [6.07, 6.45) is 0.319. The summed E-state index contributed by atoms with van der Waals surface area (Å²) in [7, 11) is 0. The van der Waals surface area contributed by atoms with Crippen LogP contribution in [0.4, 0.5) is 9.18 Å². The van der Waals surface area contributed by atoms with Crippen LogP contribution in [0.25, 0.3) is 0 Å². The van der Waals surface area contributed by atoms with E-state index in [4.69, 9.17) is 4.74 Å². The lowest BCUT2D eigenvalue weighted by atomic mass is 9.86. The van der Waals surface area contributed by atoms with Crippen LogP contribution >= 0.6 is 0 Å². The molecule has 0 aromatic heterocycles. The Hall–Kier alpha value is -1.62. The minimum Gasteiger partial charge on any atom is -0.444 e. The Labute approximate surface area is 125 Å². The lowest BCUT2D eigenvalue weighted by Crippen LogP contribution is -2.51. The maximum Gasteiger partial charge on any atom is 0.407 e. The van der Waals surface area contributed by atoms with E-state index in [1.165, 1.54) is 6.07 Å². The molecule has 0 radical (unpaired) electrons. The van der Waals surface area contributed by atoms with E-state index in [-0.39, 0.29) is 17.8 Å². The molecule has 1 aromatic carbocycles. The highest BCUT2D eigenvalue weighted by molar-refractivity contribution is 5.68. The normalized spacial score (nSPS) is 22.7. The minimum atomic E-state index is -0.542. The van der Waals surface area contributed by atoms with Crippen LogP contribution < -0.4 is 10.6 Å². The SMILES string of the molecule is CC(C)(C)OC(=O)NC1CNCCC1c1ccccc1F. The van der Waals surface area contributed by atoms with Crippen LogP contribution in [0.2, 0.25) is 0 Å². The zero-order chi connectivity index (χ0) is 15.5. The highest BCUT2D eigenvalue weighted by Crippen LogP contribution is 2.27. The van der Waals surface area contributed by atoms with Gasteiger partial charge in [-0.1, -0.05) is 18.2 Å². The molecule has 1 heterocycles. The van der Waals surface area contributed by atoms with Crippen LogP contribution in [-0.4, -0.2) is 30.8 Å². The minimum absolute atomic E-state index is 0.0417. The van der Waals surface area contributed by atoms with Gasteiger partial charge in [0.1, 0.15) is 11.4 Å². The van der Waals surface area contributed by atoms with Crippen molar-refractivity contribution in [3.05, 3.63) is 35.6 Å². The van der Waals surface area contributed by atoms with Gasteiger partial charge in [0.15, 0.2) is 0 Å². The fraction of sp³-hybridized carbons (Fsp3) is 0.562. The average Bonchev–Trinajstić information content (AvgIpc) is 2.38. The third-order valence-electron chi connectivity index (χ3n) is 3.49. The third-order valence-corrected chi connectivity index (χ3v) is 3.49. The van der Waals surface area contributed by atoms with Gasteiger partial charge < -0.3 is 15.4 Å². The first-order chi connectivity index (χ1) is 9.87. The first kappa shape index (κ1) is 15.8. The van der Waals surface area contributed by atoms with Crippen LogP contribution in [0.1, 0.15) is 38.7 Å². The summed E-state index contributed by atoms with van der Waals surface area (Å²) in [5.74, 6) is -0.264. The number of benzene rings is 1. The van der Waals surface area contributed by atoms with Crippen molar-refractivity contribution >= 4 is 6.09 Å². The Kier molecular flexibility index (Phi) is 4.83. The summed E-state index contributed by atoms with van der Waals surface area (Å²) >= 11 is 0. The molecule has 1 saturated heterocycles. The molecular formula is C16H23FN2O2. The molecule has 1 aliphatic rings. The van der Waals surface area contributed by atoms with Crippen LogP contribution in [0, 0.1) is 5.82 Å². The number of ether oxygens (including phenoxy) is 1. The van der Waals surface area contributed by atoms with Gasteiger partial charge in [0.25, 0.3) is 0 Å². The molecule has 2 rings (SSSR count). The van der Waals surface area contributed by atoms with Crippen molar-refractivity contribution < 1.29 is 13.9 Å². The van der Waals surface area contributed by atoms with Crippen LogP contribution in [0.3, 0.4) is 0 Å². The molecule has 2 N–H and O–H groups in total. The maximum atomic E-state index is 14.0. The van der Waals surface area contributed by atoms with Crippen molar-refractivity contribution in [3.8, 4) is 0 Å². The second-order valence-electron chi connectivity index (χ2n) is 6.37. The summed E-state index contributed by atoms with van der Waals surface area (Å²) in [6, 6.07) is 6.57. The number of carbonyl (C=O) groups is 1. The number of hydrogen-bond acceptors (Lipinski definition) is 3. The molecule has 0 bridgehead atoms. The molecule has 116 valence electrons. The number of hydrogen-bond donors (Lipinski definition) is 2. The summed E-state index contributed by atoms with van der Waals surface area (Å²) in [4.78, 5) is 11.9. The lowest BCUT2D eigenvalue weighted by Gasteiger charge is -2.33. The van der Waals surface area contributed by atoms with Gasteiger partial charge in [-0.3, -0.25) is 0 Å². The van der Waals surface area contributed by atoms with E-state index < -0.39 is 11.7 Å². The Morgan fingerprint density at radius 2 is 2.10 bits per heavy atom. The molecular weight excluding hydrogens is 271 g/mol. The van der Waals surface area contributed by atoms with Gasteiger partial charge in [-0.25, -0.2) is 9.18 Å². The predicted octanol–water partition coefficient (Wildman–Crippen LogP) is 2.80. The fourth-order valence-corrected chi connectivity index (χ4v) is 2.62. The highest BCUT2D eigenvalue weighted by atomic mass is 19.1. The number of alkyl carbamates (subject to hydrolysis) is 1. The molecule has 1 aromatic rings. The Bertz CT molecular complexity index is 499. The number of halogens is 1. The Morgan fingerprint density at radius 1 is 1.38 bits per heavy atom. The predicted molar refractivity (Wildman–Crippen MR) is 79.8 cm³/mol. The Morgan fingerprint density at radius 3 is 2.76 bits per heavy atom. The van der Waals surface area contributed by atoms with Crippen molar-refractivity contribution in [2.45, 2.75) is 44.8 Å². The zero-order valence-electron chi connectivity index (χ0n) is 12.8. The van der Waals surface area contributed by atoms with Crippen molar-refractivity contribution in [2.75, 3.05) is 13.1 Å². The van der Waals surface area contributed by atoms with E-state index in [1.807, 2.05) is 26.8 Å². The molecule has 0 spiro atoms. The largest absolute Gasteiger partial charge is 0.444 e. The number of carbonyl (C=O) groups excluding carboxylic acids is 1. The smallest absolute Gasteiger partial charge is 0.407 e. The molecule has 21 heavy (non-hydrogen) atoms. The molecule has 0 aliphatic carbocycles. The topological polar surface area (TPSA) is 50.4 Å². The number of piperidine rings is 1. The zero-order valence-corrected chi connectivity index (χ0v) is 12.8. The van der Waals surface area contributed by atoms with E-state index in [1.54, 1.807) is 12.1 Å². The molecule has 4 nitrogen and oxygen atoms in total. The van der Waals surface area contributed by atoms with E-state index >= 15 is 0 Å². The summed E-state index contributed by atoms with van der Waals surface area (Å²) in [6.45, 7) is 6.88. The molecule has 0 saturated carbocycles. The molecule has 5 heteroatoms. The van der Waals surface area contributed by atoms with Crippen molar-refractivity contribution in [1.82, 2.24) is 10.6 Å². The van der Waals surface area contributed by atoms with E-state index in [9.17, 15) is 9.18 Å². The van der Waals surface area contributed by atoms with Gasteiger partial charge in [0, 0.05) is 12.5 Å². The van der Waals surface area contributed by atoms with E-state index in [0.717, 1.165) is 13.0 Å². The summed E-state index contributed by atoms with van der Waals surface area (Å²) < 4.78 is 19.3. The third kappa shape index (κ3) is 4.43. The Balaban J connectivity index is 2.09. The molecule has 1 amide bonds. The van der Waals surface area contributed by atoms with Gasteiger partial charge in [-0.05, 0) is 45.4 Å². The summed E-state index contributed by atoms with van der Waals surface area (Å²) in [5, 5.41) is 6.09. The monoisotopic (exact) mass is 294 g/mol. The van der Waals surface area contributed by atoms with Crippen molar-refractivity contribution in [2.24, 2.45) is 0 Å². The highest BCUT2D eigenvalue weighted by Gasteiger charge is 2.30. The van der Waals surface area contributed by atoms with Crippen LogP contribution in [0.5, 0.6) is 0 Å². The first-order valence-corrected chi connectivity index (χ1v) is 7.31. The van der Waals surface area contributed by atoms with Crippen LogP contribution in [0.15, 0.2) is 24.3 Å². The molecule has 1 aliphatic heterocycles. The number of nitrogens with one attached hydrogen (secondary N) is 2. The van der Waals surface area contributed by atoms with Gasteiger partial charge in [-0.2, -0.15) is 0 Å². The second-order valence-corrected chi connectivity index (χ2v) is 6.37. The van der Waals surface area contributed by atoms with E-state index in [2.05, 4.69) is 10.6 Å². The van der Waals surface area contributed by atoms with Gasteiger partial charge in [-0.15, -0.1) is 0 Å². The quantitative estimate of drug-likeness (QED) is 0.882. The van der Waals surface area contributed by atoms with Crippen LogP contribution in [-0.2, 0) is 4.74 Å². The summed E-state index contributed by atoms with van der Waals surface area (Å²) in [5.41, 5.74) is 0.111.